The molecule has 1 unspecified atom stereocenters. The van der Waals surface area contributed by atoms with Gasteiger partial charge in [-0.1, -0.05) is 12.1 Å². The van der Waals surface area contributed by atoms with Gasteiger partial charge in [0, 0.05) is 13.1 Å². The first-order chi connectivity index (χ1) is 8.15. The number of phenols is 1. The number of carbonyl (C=O) groups excluding carboxylic acids is 1. The van der Waals surface area contributed by atoms with Gasteiger partial charge in [0.25, 0.3) is 0 Å². The number of halogens is 1. The highest BCUT2D eigenvalue weighted by Gasteiger charge is 2.21. The van der Waals surface area contributed by atoms with Crippen LogP contribution in [-0.2, 0) is 11.2 Å². The number of carbonyl (C=O) groups is 1. The van der Waals surface area contributed by atoms with Crippen LogP contribution in [-0.4, -0.2) is 34.4 Å². The molecule has 92 valence electrons. The molecule has 1 aliphatic rings. The minimum atomic E-state index is 0.0804. The molecule has 4 heteroatoms. The predicted molar refractivity (Wildman–Crippen MR) is 67.3 cm³/mol. The van der Waals surface area contributed by atoms with E-state index in [1.54, 1.807) is 18.2 Å². The van der Waals surface area contributed by atoms with Gasteiger partial charge in [-0.25, -0.2) is 0 Å². The molecule has 1 fully saturated rings. The van der Waals surface area contributed by atoms with Gasteiger partial charge in [-0.2, -0.15) is 0 Å². The number of piperidine rings is 1. The molecule has 1 atom stereocenters. The molecule has 0 spiro atoms. The second kappa shape index (κ2) is 5.41. The third-order valence-corrected chi connectivity index (χ3v) is 3.34. The Bertz CT molecular complexity index is 408. The Morgan fingerprint density at radius 2 is 2.35 bits per heavy atom. The van der Waals surface area contributed by atoms with Crippen LogP contribution in [0.5, 0.6) is 5.75 Å². The first kappa shape index (κ1) is 12.2. The number of aromatic hydroxyl groups is 1. The highest BCUT2D eigenvalue weighted by molar-refractivity contribution is 6.20. The van der Waals surface area contributed by atoms with Crippen molar-refractivity contribution < 1.29 is 9.90 Å². The highest BCUT2D eigenvalue weighted by atomic mass is 35.5. The standard InChI is InChI=1S/C13H16ClNO2/c14-11-4-2-6-15(9-11)13(17)8-10-3-1-5-12(16)7-10/h1,3,5,7,11,16H,2,4,6,8-9H2. The number of hydrogen-bond acceptors (Lipinski definition) is 2. The van der Waals surface area contributed by atoms with E-state index in [1.165, 1.54) is 0 Å². The predicted octanol–water partition coefficient (Wildman–Crippen LogP) is 2.16. The zero-order valence-corrected chi connectivity index (χ0v) is 10.4. The fraction of sp³-hybridized carbons (Fsp3) is 0.462. The lowest BCUT2D eigenvalue weighted by Gasteiger charge is -2.29. The van der Waals surface area contributed by atoms with Crippen LogP contribution in [0.4, 0.5) is 0 Å². The second-order valence-electron chi connectivity index (χ2n) is 4.43. The molecule has 1 saturated heterocycles. The highest BCUT2D eigenvalue weighted by Crippen LogP contribution is 2.17. The Balaban J connectivity index is 1.96. The van der Waals surface area contributed by atoms with E-state index in [1.807, 2.05) is 11.0 Å². The number of phenolic OH excluding ortho intramolecular Hbond substituents is 1. The topological polar surface area (TPSA) is 40.5 Å². The third kappa shape index (κ3) is 3.37. The Hall–Kier alpha value is -1.22. The maximum atomic E-state index is 12.0. The van der Waals surface area contributed by atoms with Crippen LogP contribution < -0.4 is 0 Å². The maximum absolute atomic E-state index is 12.0. The zero-order chi connectivity index (χ0) is 12.3. The average molecular weight is 254 g/mol. The number of rotatable bonds is 2. The van der Waals surface area contributed by atoms with Gasteiger partial charge in [0.05, 0.1) is 11.8 Å². The average Bonchev–Trinajstić information content (AvgIpc) is 2.29. The van der Waals surface area contributed by atoms with Crippen molar-refractivity contribution in [2.75, 3.05) is 13.1 Å². The van der Waals surface area contributed by atoms with Gasteiger partial charge in [-0.3, -0.25) is 4.79 Å². The van der Waals surface area contributed by atoms with Crippen molar-refractivity contribution in [2.24, 2.45) is 0 Å². The van der Waals surface area contributed by atoms with Crippen LogP contribution in [0.2, 0.25) is 0 Å². The molecule has 17 heavy (non-hydrogen) atoms. The van der Waals surface area contributed by atoms with E-state index < -0.39 is 0 Å². The number of hydrogen-bond donors (Lipinski definition) is 1. The molecule has 0 saturated carbocycles. The van der Waals surface area contributed by atoms with Crippen molar-refractivity contribution in [3.63, 3.8) is 0 Å². The summed E-state index contributed by atoms with van der Waals surface area (Å²) in [5, 5.41) is 9.41. The van der Waals surface area contributed by atoms with Crippen molar-refractivity contribution in [1.29, 1.82) is 0 Å². The molecule has 1 amide bonds. The summed E-state index contributed by atoms with van der Waals surface area (Å²) in [6.45, 7) is 1.43. The zero-order valence-electron chi connectivity index (χ0n) is 9.60. The van der Waals surface area contributed by atoms with E-state index in [2.05, 4.69) is 0 Å². The summed E-state index contributed by atoms with van der Waals surface area (Å²) >= 11 is 6.05. The minimum absolute atomic E-state index is 0.0804. The van der Waals surface area contributed by atoms with Crippen molar-refractivity contribution in [3.05, 3.63) is 29.8 Å². The van der Waals surface area contributed by atoms with E-state index in [0.717, 1.165) is 24.9 Å². The fourth-order valence-electron chi connectivity index (χ4n) is 2.10. The Morgan fingerprint density at radius 1 is 1.53 bits per heavy atom. The first-order valence-electron chi connectivity index (χ1n) is 5.85. The lowest BCUT2D eigenvalue weighted by molar-refractivity contribution is -0.131. The monoisotopic (exact) mass is 253 g/mol. The van der Waals surface area contributed by atoms with Crippen molar-refractivity contribution in [3.8, 4) is 5.75 Å². The Morgan fingerprint density at radius 3 is 3.06 bits per heavy atom. The maximum Gasteiger partial charge on any atom is 0.227 e. The van der Waals surface area contributed by atoms with E-state index in [9.17, 15) is 9.90 Å². The van der Waals surface area contributed by atoms with Gasteiger partial charge in [0.1, 0.15) is 5.75 Å². The number of amides is 1. The summed E-state index contributed by atoms with van der Waals surface area (Å²) in [6, 6.07) is 6.82. The summed E-state index contributed by atoms with van der Waals surface area (Å²) in [6.07, 6.45) is 2.29. The van der Waals surface area contributed by atoms with Crippen molar-refractivity contribution in [2.45, 2.75) is 24.6 Å². The van der Waals surface area contributed by atoms with Crippen LogP contribution in [0.25, 0.3) is 0 Å². The lowest BCUT2D eigenvalue weighted by atomic mass is 10.1. The van der Waals surface area contributed by atoms with E-state index in [4.69, 9.17) is 11.6 Å². The first-order valence-corrected chi connectivity index (χ1v) is 6.28. The molecule has 3 nitrogen and oxygen atoms in total. The Labute approximate surface area is 106 Å². The van der Waals surface area contributed by atoms with Gasteiger partial charge >= 0.3 is 0 Å². The molecule has 0 aromatic heterocycles. The van der Waals surface area contributed by atoms with Gasteiger partial charge in [0.15, 0.2) is 0 Å². The minimum Gasteiger partial charge on any atom is -0.508 e. The molecule has 1 aromatic carbocycles. The van der Waals surface area contributed by atoms with Crippen LogP contribution in [0.3, 0.4) is 0 Å². The largest absolute Gasteiger partial charge is 0.508 e. The number of alkyl halides is 1. The van der Waals surface area contributed by atoms with Crippen molar-refractivity contribution in [1.82, 2.24) is 4.90 Å². The van der Waals surface area contributed by atoms with Gasteiger partial charge in [-0.15, -0.1) is 11.6 Å². The van der Waals surface area contributed by atoms with Gasteiger partial charge in [0.2, 0.25) is 5.91 Å². The summed E-state index contributed by atoms with van der Waals surface area (Å²) in [5.41, 5.74) is 0.840. The molecular weight excluding hydrogens is 238 g/mol. The molecule has 1 aromatic rings. The summed E-state index contributed by atoms with van der Waals surface area (Å²) in [4.78, 5) is 13.8. The number of likely N-dealkylation sites (tertiary alicyclic amines) is 1. The van der Waals surface area contributed by atoms with Crippen LogP contribution >= 0.6 is 11.6 Å². The summed E-state index contributed by atoms with van der Waals surface area (Å²) in [7, 11) is 0. The number of benzene rings is 1. The SMILES string of the molecule is O=C(Cc1cccc(O)c1)N1CCCC(Cl)C1. The molecular formula is C13H16ClNO2. The molecule has 0 radical (unpaired) electrons. The fourth-order valence-corrected chi connectivity index (χ4v) is 2.43. The lowest BCUT2D eigenvalue weighted by Crippen LogP contribution is -2.41. The summed E-state index contributed by atoms with van der Waals surface area (Å²) < 4.78 is 0. The normalized spacial score (nSPS) is 20.3. The van der Waals surface area contributed by atoms with E-state index in [0.29, 0.717) is 13.0 Å². The third-order valence-electron chi connectivity index (χ3n) is 2.98. The molecule has 0 bridgehead atoms. The molecule has 2 rings (SSSR count). The van der Waals surface area contributed by atoms with Crippen LogP contribution in [0.1, 0.15) is 18.4 Å². The number of nitrogens with zero attached hydrogens (tertiary/aromatic N) is 1. The summed E-state index contributed by atoms with van der Waals surface area (Å²) in [5.74, 6) is 0.283. The molecule has 0 aliphatic carbocycles. The molecule has 1 heterocycles. The van der Waals surface area contributed by atoms with E-state index >= 15 is 0 Å². The van der Waals surface area contributed by atoms with Gasteiger partial charge < -0.3 is 10.0 Å². The van der Waals surface area contributed by atoms with Crippen molar-refractivity contribution >= 4 is 17.5 Å². The second-order valence-corrected chi connectivity index (χ2v) is 5.04. The Kier molecular flexibility index (Phi) is 3.89. The van der Waals surface area contributed by atoms with E-state index in [-0.39, 0.29) is 17.0 Å². The molecule has 1 N–H and O–H groups in total. The van der Waals surface area contributed by atoms with Crippen LogP contribution in [0.15, 0.2) is 24.3 Å². The smallest absolute Gasteiger partial charge is 0.227 e. The van der Waals surface area contributed by atoms with Crippen LogP contribution in [0, 0.1) is 0 Å². The van der Waals surface area contributed by atoms with Gasteiger partial charge in [-0.05, 0) is 30.5 Å². The molecule has 1 aliphatic heterocycles. The quantitative estimate of drug-likeness (QED) is 0.821.